The van der Waals surface area contributed by atoms with Crippen molar-refractivity contribution in [1.82, 2.24) is 10.0 Å². The smallest absolute Gasteiger partial charge is 0.263 e. The summed E-state index contributed by atoms with van der Waals surface area (Å²) in [5.41, 5.74) is 0.505. The molecule has 2 N–H and O–H groups in total. The Labute approximate surface area is 136 Å². The molecule has 0 saturated heterocycles. The second-order valence-electron chi connectivity index (χ2n) is 5.27. The summed E-state index contributed by atoms with van der Waals surface area (Å²) in [5.74, 6) is 0.00452. The third-order valence-corrected chi connectivity index (χ3v) is 4.90. The molecule has 7 heteroatoms. The number of amidine groups is 1. The molecule has 1 atom stereocenters. The number of nitrogens with one attached hydrogen (secondary N) is 2. The summed E-state index contributed by atoms with van der Waals surface area (Å²) in [6.45, 7) is 5.95. The molecule has 1 amide bonds. The van der Waals surface area contributed by atoms with E-state index < -0.39 is 16.1 Å². The summed E-state index contributed by atoms with van der Waals surface area (Å²) in [6.07, 6.45) is 3.91. The zero-order chi connectivity index (χ0) is 16.9. The molecule has 0 aromatic heterocycles. The first kappa shape index (κ1) is 17.2. The van der Waals surface area contributed by atoms with E-state index in [1.807, 2.05) is 6.92 Å². The fourth-order valence-corrected chi connectivity index (χ4v) is 3.57. The minimum Gasteiger partial charge on any atom is -0.351 e. The quantitative estimate of drug-likeness (QED) is 0.742. The van der Waals surface area contributed by atoms with Gasteiger partial charge in [-0.3, -0.25) is 14.5 Å². The number of unbranched alkanes of at least 4 members (excludes halogenated alkanes) is 1. The van der Waals surface area contributed by atoms with E-state index in [0.717, 1.165) is 12.8 Å². The molecule has 0 saturated carbocycles. The van der Waals surface area contributed by atoms with Gasteiger partial charge in [0, 0.05) is 12.1 Å². The van der Waals surface area contributed by atoms with Crippen LogP contribution in [0.25, 0.3) is 0 Å². The normalized spacial score (nSPS) is 18.0. The standard InChI is InChI=1S/C16H21N3O3S/c1-3-5-9-13(16(20)17-11-4-2)18-15-12-8-6-7-10-14(12)23(21,22)19-15/h4,6-8,10,13H,2-3,5,9,11H2,1H3,(H,17,20)(H,18,19). The predicted molar refractivity (Wildman–Crippen MR) is 89.8 cm³/mol. The summed E-state index contributed by atoms with van der Waals surface area (Å²) in [6, 6.07) is 5.99. The molecule has 6 nitrogen and oxygen atoms in total. The van der Waals surface area contributed by atoms with E-state index in [0.29, 0.717) is 18.5 Å². The first-order chi connectivity index (χ1) is 11.0. The number of hydrogen-bond acceptors (Lipinski definition) is 4. The molecule has 0 spiro atoms. The van der Waals surface area contributed by atoms with Gasteiger partial charge in [0.1, 0.15) is 11.9 Å². The molecule has 1 aliphatic rings. The minimum atomic E-state index is -3.59. The first-order valence-corrected chi connectivity index (χ1v) is 9.06. The molecule has 124 valence electrons. The van der Waals surface area contributed by atoms with E-state index in [9.17, 15) is 13.2 Å². The zero-order valence-electron chi connectivity index (χ0n) is 13.1. The molecule has 0 radical (unpaired) electrons. The van der Waals surface area contributed by atoms with Crippen molar-refractivity contribution in [3.05, 3.63) is 42.5 Å². The lowest BCUT2D eigenvalue weighted by Crippen LogP contribution is -2.35. The lowest BCUT2D eigenvalue weighted by molar-refractivity contribution is -0.122. The van der Waals surface area contributed by atoms with Crippen molar-refractivity contribution in [2.45, 2.75) is 37.1 Å². The lowest BCUT2D eigenvalue weighted by Gasteiger charge is -2.13. The highest BCUT2D eigenvalue weighted by molar-refractivity contribution is 7.90. The van der Waals surface area contributed by atoms with Gasteiger partial charge < -0.3 is 5.32 Å². The molecule has 0 aliphatic carbocycles. The van der Waals surface area contributed by atoms with Gasteiger partial charge in [0.15, 0.2) is 0 Å². The molecule has 2 rings (SSSR count). The summed E-state index contributed by atoms with van der Waals surface area (Å²) in [4.78, 5) is 16.8. The minimum absolute atomic E-state index is 0.194. The summed E-state index contributed by atoms with van der Waals surface area (Å²) >= 11 is 0. The van der Waals surface area contributed by atoms with Gasteiger partial charge in [0.25, 0.3) is 10.0 Å². The highest BCUT2D eigenvalue weighted by atomic mass is 32.2. The van der Waals surface area contributed by atoms with E-state index in [4.69, 9.17) is 0 Å². The highest BCUT2D eigenvalue weighted by Gasteiger charge is 2.31. The van der Waals surface area contributed by atoms with Gasteiger partial charge in [0.05, 0.1) is 4.90 Å². The van der Waals surface area contributed by atoms with Crippen molar-refractivity contribution < 1.29 is 13.2 Å². The second kappa shape index (κ2) is 7.41. The summed E-state index contributed by atoms with van der Waals surface area (Å²) < 4.78 is 26.6. The Morgan fingerprint density at radius 3 is 2.87 bits per heavy atom. The van der Waals surface area contributed by atoms with Gasteiger partial charge >= 0.3 is 0 Å². The average Bonchev–Trinajstić information content (AvgIpc) is 2.80. The Hall–Kier alpha value is -2.15. The number of rotatable bonds is 7. The molecule has 0 bridgehead atoms. The number of amides is 1. The van der Waals surface area contributed by atoms with E-state index in [-0.39, 0.29) is 16.6 Å². The van der Waals surface area contributed by atoms with E-state index in [2.05, 4.69) is 21.6 Å². The predicted octanol–water partition coefficient (Wildman–Crippen LogP) is 1.59. The van der Waals surface area contributed by atoms with Crippen molar-refractivity contribution in [2.24, 2.45) is 4.99 Å². The number of hydrogen-bond donors (Lipinski definition) is 2. The first-order valence-electron chi connectivity index (χ1n) is 7.58. The molecule has 1 unspecified atom stereocenters. The molecule has 23 heavy (non-hydrogen) atoms. The van der Waals surface area contributed by atoms with Crippen LogP contribution in [-0.2, 0) is 14.8 Å². The summed E-state index contributed by atoms with van der Waals surface area (Å²) in [5, 5.41) is 2.72. The molecule has 1 aromatic carbocycles. The molecular formula is C16H21N3O3S. The Morgan fingerprint density at radius 1 is 1.43 bits per heavy atom. The highest BCUT2D eigenvalue weighted by Crippen LogP contribution is 2.23. The Morgan fingerprint density at radius 2 is 2.17 bits per heavy atom. The Kier molecular flexibility index (Phi) is 5.54. The SMILES string of the molecule is C=CCNC(=O)C(CCCC)N=C1NS(=O)(=O)c2ccccc21. The van der Waals surface area contributed by atoms with Crippen LogP contribution in [0.3, 0.4) is 0 Å². The monoisotopic (exact) mass is 335 g/mol. The van der Waals surface area contributed by atoms with Crippen LogP contribution in [0.1, 0.15) is 31.7 Å². The van der Waals surface area contributed by atoms with Crippen LogP contribution in [0.5, 0.6) is 0 Å². The van der Waals surface area contributed by atoms with Crippen molar-refractivity contribution in [1.29, 1.82) is 0 Å². The van der Waals surface area contributed by atoms with Crippen LogP contribution in [0.15, 0.2) is 46.8 Å². The van der Waals surface area contributed by atoms with Gasteiger partial charge in [-0.25, -0.2) is 8.42 Å². The maximum Gasteiger partial charge on any atom is 0.263 e. The van der Waals surface area contributed by atoms with Crippen LogP contribution in [0.4, 0.5) is 0 Å². The Bertz CT molecular complexity index is 726. The topological polar surface area (TPSA) is 87.6 Å². The fourth-order valence-electron chi connectivity index (χ4n) is 2.33. The number of benzene rings is 1. The van der Waals surface area contributed by atoms with Gasteiger partial charge in [-0.1, -0.05) is 38.0 Å². The van der Waals surface area contributed by atoms with E-state index in [1.165, 1.54) is 6.07 Å². The Balaban J connectivity index is 2.32. The molecule has 1 aromatic rings. The third-order valence-electron chi connectivity index (χ3n) is 3.50. The molecule has 1 heterocycles. The fraction of sp³-hybridized carbons (Fsp3) is 0.375. The van der Waals surface area contributed by atoms with Gasteiger partial charge in [-0.05, 0) is 18.6 Å². The number of carbonyl (C=O) groups excluding carboxylic acids is 1. The summed E-state index contributed by atoms with van der Waals surface area (Å²) in [7, 11) is -3.59. The van der Waals surface area contributed by atoms with Crippen LogP contribution in [-0.4, -0.2) is 32.7 Å². The van der Waals surface area contributed by atoms with E-state index >= 15 is 0 Å². The molecular weight excluding hydrogens is 314 g/mol. The maximum absolute atomic E-state index is 12.2. The number of aliphatic imine (C=N–C) groups is 1. The van der Waals surface area contributed by atoms with Crippen molar-refractivity contribution in [3.8, 4) is 0 Å². The average molecular weight is 335 g/mol. The third kappa shape index (κ3) is 3.98. The van der Waals surface area contributed by atoms with E-state index in [1.54, 1.807) is 24.3 Å². The van der Waals surface area contributed by atoms with Gasteiger partial charge in [0.2, 0.25) is 5.91 Å². The van der Waals surface area contributed by atoms with Crippen LogP contribution in [0.2, 0.25) is 0 Å². The zero-order valence-corrected chi connectivity index (χ0v) is 13.9. The lowest BCUT2D eigenvalue weighted by atomic mass is 10.1. The van der Waals surface area contributed by atoms with Crippen LogP contribution >= 0.6 is 0 Å². The van der Waals surface area contributed by atoms with Crippen molar-refractivity contribution in [2.75, 3.05) is 6.54 Å². The maximum atomic E-state index is 12.2. The largest absolute Gasteiger partial charge is 0.351 e. The van der Waals surface area contributed by atoms with Crippen LogP contribution in [0, 0.1) is 0 Å². The second-order valence-corrected chi connectivity index (χ2v) is 6.92. The van der Waals surface area contributed by atoms with Gasteiger partial charge in [-0.2, -0.15) is 0 Å². The number of carbonyl (C=O) groups is 1. The molecule has 0 fully saturated rings. The van der Waals surface area contributed by atoms with Gasteiger partial charge in [-0.15, -0.1) is 6.58 Å². The molecule has 1 aliphatic heterocycles. The van der Waals surface area contributed by atoms with Crippen molar-refractivity contribution >= 4 is 21.8 Å². The van der Waals surface area contributed by atoms with Crippen molar-refractivity contribution in [3.63, 3.8) is 0 Å². The number of sulfonamides is 1. The number of fused-ring (bicyclic) bond motifs is 1. The van der Waals surface area contributed by atoms with Crippen LogP contribution < -0.4 is 10.0 Å². The number of nitrogens with zero attached hydrogens (tertiary/aromatic N) is 1.